The molecule has 0 radical (unpaired) electrons. The van der Waals surface area contributed by atoms with E-state index in [1.807, 2.05) is 41.8 Å². The third-order valence-corrected chi connectivity index (χ3v) is 4.88. The minimum absolute atomic E-state index is 0.00762. The van der Waals surface area contributed by atoms with Crippen molar-refractivity contribution in [1.82, 2.24) is 14.6 Å². The van der Waals surface area contributed by atoms with Gasteiger partial charge in [-0.15, -0.1) is 10.2 Å². The Morgan fingerprint density at radius 1 is 1.12 bits per heavy atom. The molecule has 1 aromatic carbocycles. The maximum Gasteiger partial charge on any atom is 0.166 e. The molecular weight excluding hydrogens is 316 g/mol. The molecule has 0 saturated heterocycles. The van der Waals surface area contributed by atoms with Crippen molar-refractivity contribution < 1.29 is 9.47 Å². The Labute approximate surface area is 146 Å². The van der Waals surface area contributed by atoms with Crippen LogP contribution in [0.4, 0.5) is 0 Å². The number of hydrogen-bond donors (Lipinski definition) is 1. The summed E-state index contributed by atoms with van der Waals surface area (Å²) < 4.78 is 13.6. The molecule has 0 unspecified atom stereocenters. The van der Waals surface area contributed by atoms with E-state index in [0.717, 1.165) is 30.1 Å². The van der Waals surface area contributed by atoms with Crippen LogP contribution in [0.5, 0.6) is 5.75 Å². The van der Waals surface area contributed by atoms with Crippen molar-refractivity contribution in [3.63, 3.8) is 0 Å². The molecule has 0 spiro atoms. The lowest BCUT2D eigenvalue weighted by atomic mass is 9.86. The number of benzene rings is 1. The second kappa shape index (κ2) is 6.46. The Kier molecular flexibility index (Phi) is 4.15. The highest BCUT2D eigenvalue weighted by Gasteiger charge is 2.26. The monoisotopic (exact) mass is 338 g/mol. The molecule has 1 aliphatic rings. The van der Waals surface area contributed by atoms with Crippen molar-refractivity contribution in [2.45, 2.75) is 38.0 Å². The maximum atomic E-state index is 6.30. The Balaban J connectivity index is 1.66. The number of nitrogens with zero attached hydrogens (tertiary/aromatic N) is 3. The second-order valence-electron chi connectivity index (χ2n) is 6.45. The Morgan fingerprint density at radius 2 is 1.92 bits per heavy atom. The minimum Gasteiger partial charge on any atom is -0.484 e. The fourth-order valence-electron chi connectivity index (χ4n) is 3.41. The zero-order chi connectivity index (χ0) is 17.4. The summed E-state index contributed by atoms with van der Waals surface area (Å²) in [7, 11) is 1.66. The molecule has 0 aliphatic heterocycles. The van der Waals surface area contributed by atoms with E-state index in [0.29, 0.717) is 0 Å². The number of hydrogen-bond acceptors (Lipinski definition) is 5. The molecular formula is C19H22N4O2. The lowest BCUT2D eigenvalue weighted by molar-refractivity contribution is 0.111. The van der Waals surface area contributed by atoms with Gasteiger partial charge < -0.3 is 15.2 Å². The summed E-state index contributed by atoms with van der Waals surface area (Å²) in [5.74, 6) is 1.54. The van der Waals surface area contributed by atoms with Crippen LogP contribution in [0.15, 0.2) is 42.6 Å². The fourth-order valence-corrected chi connectivity index (χ4v) is 3.41. The highest BCUT2D eigenvalue weighted by molar-refractivity contribution is 5.42. The van der Waals surface area contributed by atoms with Gasteiger partial charge in [0.05, 0.1) is 6.20 Å². The number of rotatable bonds is 4. The van der Waals surface area contributed by atoms with E-state index in [9.17, 15) is 0 Å². The molecule has 1 aliphatic carbocycles. The number of methoxy groups -OCH3 is 1. The molecule has 0 amide bonds. The Morgan fingerprint density at radius 3 is 2.72 bits per heavy atom. The summed E-state index contributed by atoms with van der Waals surface area (Å²) >= 11 is 0. The van der Waals surface area contributed by atoms with Gasteiger partial charge in [0.15, 0.2) is 11.5 Å². The number of aromatic nitrogens is 3. The van der Waals surface area contributed by atoms with Crippen LogP contribution in [0.3, 0.4) is 0 Å². The zero-order valence-corrected chi connectivity index (χ0v) is 14.4. The lowest BCUT2D eigenvalue weighted by Gasteiger charge is -2.30. The number of nitrogens with two attached hydrogens (primary N) is 1. The summed E-state index contributed by atoms with van der Waals surface area (Å²) in [6.07, 6.45) is 3.62. The molecule has 0 saturated carbocycles. The normalized spacial score (nSPS) is 21.1. The standard InChI is InChI=1S/C19H22N4O2/c1-12(24-2)19-22-21-18-10-7-13(11-23(18)19)25-17-9-8-16(20)14-5-3-4-6-15(14)17/h3-7,10-12,16-17H,8-9,20H2,1-2H3/t12-,16-,17+/m0/s1. The van der Waals surface area contributed by atoms with Crippen molar-refractivity contribution >= 4 is 5.65 Å². The molecule has 3 atom stereocenters. The van der Waals surface area contributed by atoms with E-state index in [-0.39, 0.29) is 18.2 Å². The summed E-state index contributed by atoms with van der Waals surface area (Å²) in [6.45, 7) is 1.95. The van der Waals surface area contributed by atoms with Crippen molar-refractivity contribution in [3.8, 4) is 5.75 Å². The van der Waals surface area contributed by atoms with E-state index in [1.165, 1.54) is 11.1 Å². The van der Waals surface area contributed by atoms with Crippen LogP contribution in [0.1, 0.15) is 55.0 Å². The van der Waals surface area contributed by atoms with E-state index in [2.05, 4.69) is 22.3 Å². The molecule has 3 aromatic rings. The first-order valence-corrected chi connectivity index (χ1v) is 8.56. The van der Waals surface area contributed by atoms with Crippen LogP contribution in [-0.2, 0) is 4.74 Å². The Bertz CT molecular complexity index is 892. The average Bonchev–Trinajstić information content (AvgIpc) is 3.07. The van der Waals surface area contributed by atoms with Crippen LogP contribution in [0, 0.1) is 0 Å². The average molecular weight is 338 g/mol. The van der Waals surface area contributed by atoms with Crippen molar-refractivity contribution in [2.24, 2.45) is 5.73 Å². The molecule has 2 N–H and O–H groups in total. The van der Waals surface area contributed by atoms with Crippen molar-refractivity contribution in [2.75, 3.05) is 7.11 Å². The minimum atomic E-state index is -0.140. The molecule has 0 bridgehead atoms. The van der Waals surface area contributed by atoms with E-state index in [4.69, 9.17) is 15.2 Å². The van der Waals surface area contributed by atoms with Gasteiger partial charge in [0, 0.05) is 13.2 Å². The molecule has 6 nitrogen and oxygen atoms in total. The van der Waals surface area contributed by atoms with E-state index >= 15 is 0 Å². The second-order valence-corrected chi connectivity index (χ2v) is 6.45. The summed E-state index contributed by atoms with van der Waals surface area (Å²) in [5.41, 5.74) is 9.37. The van der Waals surface area contributed by atoms with Gasteiger partial charge in [0.2, 0.25) is 0 Å². The van der Waals surface area contributed by atoms with Gasteiger partial charge in [-0.2, -0.15) is 0 Å². The molecule has 2 heterocycles. The quantitative estimate of drug-likeness (QED) is 0.789. The first-order valence-electron chi connectivity index (χ1n) is 8.56. The third kappa shape index (κ3) is 2.88. The molecule has 4 rings (SSSR count). The smallest absolute Gasteiger partial charge is 0.166 e. The fraction of sp³-hybridized carbons (Fsp3) is 0.368. The van der Waals surface area contributed by atoms with Crippen LogP contribution >= 0.6 is 0 Å². The summed E-state index contributed by atoms with van der Waals surface area (Å²) in [5, 5.41) is 8.40. The van der Waals surface area contributed by atoms with Crippen LogP contribution < -0.4 is 10.5 Å². The third-order valence-electron chi connectivity index (χ3n) is 4.88. The molecule has 2 aromatic heterocycles. The van der Waals surface area contributed by atoms with Crippen LogP contribution in [0.2, 0.25) is 0 Å². The number of ether oxygens (including phenoxy) is 2. The summed E-state index contributed by atoms with van der Waals surface area (Å²) in [4.78, 5) is 0. The van der Waals surface area contributed by atoms with Gasteiger partial charge in [-0.1, -0.05) is 24.3 Å². The van der Waals surface area contributed by atoms with Crippen molar-refractivity contribution in [1.29, 1.82) is 0 Å². The lowest BCUT2D eigenvalue weighted by Crippen LogP contribution is -2.23. The van der Waals surface area contributed by atoms with Gasteiger partial charge in [-0.3, -0.25) is 4.40 Å². The topological polar surface area (TPSA) is 74.7 Å². The largest absolute Gasteiger partial charge is 0.484 e. The maximum absolute atomic E-state index is 6.30. The molecule has 0 fully saturated rings. The van der Waals surface area contributed by atoms with Crippen LogP contribution in [0.25, 0.3) is 5.65 Å². The predicted molar refractivity (Wildman–Crippen MR) is 94.4 cm³/mol. The highest BCUT2D eigenvalue weighted by Crippen LogP contribution is 2.37. The van der Waals surface area contributed by atoms with Crippen LogP contribution in [-0.4, -0.2) is 21.7 Å². The van der Waals surface area contributed by atoms with E-state index in [1.54, 1.807) is 7.11 Å². The zero-order valence-electron chi connectivity index (χ0n) is 14.4. The highest BCUT2D eigenvalue weighted by atomic mass is 16.5. The predicted octanol–water partition coefficient (Wildman–Crippen LogP) is 3.35. The number of fused-ring (bicyclic) bond motifs is 2. The van der Waals surface area contributed by atoms with Gasteiger partial charge in [-0.05, 0) is 43.0 Å². The SMILES string of the molecule is CO[C@@H](C)c1nnc2ccc(O[C@@H]3CC[C@H](N)c4ccccc43)cn12. The van der Waals surface area contributed by atoms with Crippen molar-refractivity contribution in [3.05, 3.63) is 59.5 Å². The van der Waals surface area contributed by atoms with E-state index < -0.39 is 0 Å². The van der Waals surface area contributed by atoms with Gasteiger partial charge in [-0.25, -0.2) is 0 Å². The molecule has 25 heavy (non-hydrogen) atoms. The summed E-state index contributed by atoms with van der Waals surface area (Å²) in [6, 6.07) is 12.2. The first kappa shape index (κ1) is 16.1. The molecule has 130 valence electrons. The number of pyridine rings is 1. The van der Waals surface area contributed by atoms with Gasteiger partial charge in [0.25, 0.3) is 0 Å². The Hall–Kier alpha value is -2.44. The van der Waals surface area contributed by atoms with Gasteiger partial charge >= 0.3 is 0 Å². The van der Waals surface area contributed by atoms with Gasteiger partial charge in [0.1, 0.15) is 18.0 Å². The molecule has 6 heteroatoms. The first-order chi connectivity index (χ1) is 12.2.